The van der Waals surface area contributed by atoms with Gasteiger partial charge in [-0.3, -0.25) is 0 Å². The second-order valence-electron chi connectivity index (χ2n) is 10.4. The van der Waals surface area contributed by atoms with E-state index >= 15 is 0 Å². The molecular formula is C18H42O5Si4. The summed E-state index contributed by atoms with van der Waals surface area (Å²) in [4.78, 5) is 12.9. The number of hydrogen-bond donors (Lipinski definition) is 0. The van der Waals surface area contributed by atoms with Crippen molar-refractivity contribution >= 4 is 41.2 Å². The van der Waals surface area contributed by atoms with Gasteiger partial charge >= 0.3 is 11.9 Å². The fourth-order valence-corrected chi connectivity index (χ4v) is 4.37. The molecule has 0 radical (unpaired) electrons. The van der Waals surface area contributed by atoms with Crippen LogP contribution in [0.15, 0.2) is 11.7 Å². The van der Waals surface area contributed by atoms with E-state index < -0.39 is 30.9 Å². The first-order valence-corrected chi connectivity index (χ1v) is 21.0. The van der Waals surface area contributed by atoms with Crippen molar-refractivity contribution in [1.29, 1.82) is 0 Å². The maximum atomic E-state index is 12.9. The van der Waals surface area contributed by atoms with Crippen molar-refractivity contribution in [1.82, 2.24) is 0 Å². The van der Waals surface area contributed by atoms with Gasteiger partial charge in [-0.15, -0.1) is 0 Å². The van der Waals surface area contributed by atoms with Crippen LogP contribution >= 0.6 is 0 Å². The van der Waals surface area contributed by atoms with E-state index in [-0.39, 0.29) is 16.7 Å². The monoisotopic (exact) mass is 450 g/mol. The molecule has 5 nitrogen and oxygen atoms in total. The highest BCUT2D eigenvalue weighted by Gasteiger charge is 2.42. The molecule has 0 N–H and O–H groups in total. The van der Waals surface area contributed by atoms with E-state index in [4.69, 9.17) is 18.0 Å². The van der Waals surface area contributed by atoms with Gasteiger partial charge in [-0.05, 0) is 63.8 Å². The van der Waals surface area contributed by atoms with Gasteiger partial charge in [0.25, 0.3) is 14.1 Å². The van der Waals surface area contributed by atoms with Crippen LogP contribution in [0.2, 0.25) is 63.5 Å². The molecular weight excluding hydrogens is 409 g/mol. The highest BCUT2D eigenvalue weighted by Crippen LogP contribution is 2.39. The molecule has 0 fully saturated rings. The van der Waals surface area contributed by atoms with Gasteiger partial charge in [0.15, 0.2) is 0 Å². The molecule has 0 unspecified atom stereocenters. The number of carbonyl (C=O) groups excluding carboxylic acids is 1. The summed E-state index contributed by atoms with van der Waals surface area (Å²) < 4.78 is 24.3. The molecule has 0 rings (SSSR count). The molecule has 0 saturated carbocycles. The number of esters is 1. The summed E-state index contributed by atoms with van der Waals surface area (Å²) in [7, 11) is -5.21. The van der Waals surface area contributed by atoms with Crippen LogP contribution < -0.4 is 0 Å². The van der Waals surface area contributed by atoms with Crippen molar-refractivity contribution in [2.24, 2.45) is 0 Å². The van der Waals surface area contributed by atoms with E-state index in [9.17, 15) is 4.79 Å². The minimum absolute atomic E-state index is 0.0257. The fourth-order valence-electron chi connectivity index (χ4n) is 1.62. The van der Waals surface area contributed by atoms with Crippen LogP contribution in [0.5, 0.6) is 0 Å². The molecule has 0 aliphatic carbocycles. The molecule has 0 saturated heterocycles. The molecule has 0 atom stereocenters. The summed E-state index contributed by atoms with van der Waals surface area (Å²) in [6.07, 6.45) is 0.880. The third-order valence-corrected chi connectivity index (χ3v) is 10.7. The lowest BCUT2D eigenvalue weighted by Gasteiger charge is -2.38. The predicted molar refractivity (Wildman–Crippen MR) is 124 cm³/mol. The Bertz CT molecular complexity index is 525. The zero-order valence-corrected chi connectivity index (χ0v) is 24.7. The summed E-state index contributed by atoms with van der Waals surface area (Å²) in [6, 6.07) is 1.10. The molecule has 0 aromatic carbocycles. The number of carbonyl (C=O) groups is 1. The molecule has 160 valence electrons. The molecule has 0 aromatic rings. The van der Waals surface area contributed by atoms with Crippen LogP contribution in [0.3, 0.4) is 0 Å². The van der Waals surface area contributed by atoms with Gasteiger partial charge < -0.3 is 18.0 Å². The van der Waals surface area contributed by atoms with Crippen molar-refractivity contribution in [2.75, 3.05) is 6.61 Å². The van der Waals surface area contributed by atoms with Crippen LogP contribution in [0.25, 0.3) is 0 Å². The lowest BCUT2D eigenvalue weighted by atomic mass is 10.2. The summed E-state index contributed by atoms with van der Waals surface area (Å²) in [5.74, 6) is -0.117. The molecule has 0 aromatic heterocycles. The van der Waals surface area contributed by atoms with Crippen molar-refractivity contribution in [3.05, 3.63) is 11.7 Å². The van der Waals surface area contributed by atoms with E-state index in [1.54, 1.807) is 0 Å². The Morgan fingerprint density at radius 3 is 1.70 bits per heavy atom. The van der Waals surface area contributed by atoms with E-state index in [2.05, 4.69) is 53.5 Å². The van der Waals surface area contributed by atoms with Crippen LogP contribution in [0.1, 0.15) is 27.2 Å². The second-order valence-corrected chi connectivity index (χ2v) is 25.0. The maximum Gasteiger partial charge on any atom is 0.379 e. The van der Waals surface area contributed by atoms with E-state index in [0.29, 0.717) is 6.61 Å². The average Bonchev–Trinajstić information content (AvgIpc) is 2.40. The predicted octanol–water partition coefficient (Wildman–Crippen LogP) is 4.60. The van der Waals surface area contributed by atoms with Crippen LogP contribution in [-0.4, -0.2) is 47.8 Å². The molecule has 0 heterocycles. The molecule has 27 heavy (non-hydrogen) atoms. The Hall–Kier alpha value is -0.522. The third-order valence-electron chi connectivity index (χ3n) is 4.06. The van der Waals surface area contributed by atoms with Gasteiger partial charge in [0, 0.05) is 10.2 Å². The Balaban J connectivity index is 6.14. The zero-order valence-electron chi connectivity index (χ0n) is 19.7. The second kappa shape index (κ2) is 9.79. The number of hydrogen-bond acceptors (Lipinski definition) is 5. The summed E-state index contributed by atoms with van der Waals surface area (Å²) >= 11 is 0. The SMILES string of the molecule is CC(C)(C)[Si](C)(C)OC(O[Si](C)(C)C)=C(O[Si](C)(C)C)C(=O)OCCC[SiH3]. The Labute approximate surface area is 173 Å². The van der Waals surface area contributed by atoms with Gasteiger partial charge in [-0.25, -0.2) is 4.79 Å². The van der Waals surface area contributed by atoms with Crippen molar-refractivity contribution in [3.63, 3.8) is 0 Å². The lowest BCUT2D eigenvalue weighted by molar-refractivity contribution is -0.142. The van der Waals surface area contributed by atoms with E-state index in [1.165, 1.54) is 0 Å². The van der Waals surface area contributed by atoms with Crippen molar-refractivity contribution in [2.45, 2.75) is 90.7 Å². The highest BCUT2D eigenvalue weighted by molar-refractivity contribution is 6.74. The fraction of sp³-hybridized carbons (Fsp3) is 0.833. The summed E-state index contributed by atoms with van der Waals surface area (Å²) in [6.45, 7) is 23.5. The molecule has 0 spiro atoms. The average molecular weight is 451 g/mol. The smallest absolute Gasteiger partial charge is 0.379 e. The first kappa shape index (κ1) is 26.5. The van der Waals surface area contributed by atoms with E-state index in [1.807, 2.05) is 19.6 Å². The minimum Gasteiger partial charge on any atom is -0.535 e. The molecule has 0 bridgehead atoms. The van der Waals surface area contributed by atoms with Crippen LogP contribution in [0, 0.1) is 0 Å². The van der Waals surface area contributed by atoms with Gasteiger partial charge in [0.1, 0.15) is 0 Å². The number of ether oxygens (including phenoxy) is 1. The van der Waals surface area contributed by atoms with Crippen molar-refractivity contribution < 1.29 is 22.8 Å². The normalized spacial score (nSPS) is 14.5. The minimum atomic E-state index is -2.22. The standard InChI is InChI=1S/C18H42O5Si4/c1-18(2,3)27(10,11)23-17(22-26(7,8)9)15(21-25(4,5)6)16(19)20-13-12-14-24/h12-14H2,1-11,24H3. The van der Waals surface area contributed by atoms with Crippen LogP contribution in [-0.2, 0) is 22.8 Å². The first-order valence-electron chi connectivity index (χ1n) is 9.88. The molecule has 9 heteroatoms. The lowest BCUT2D eigenvalue weighted by Crippen LogP contribution is -2.43. The van der Waals surface area contributed by atoms with Gasteiger partial charge in [0.2, 0.25) is 16.6 Å². The maximum absolute atomic E-state index is 12.9. The molecule has 0 aliphatic heterocycles. The quantitative estimate of drug-likeness (QED) is 0.160. The summed E-state index contributed by atoms with van der Waals surface area (Å²) in [5.41, 5.74) is 0. The first-order chi connectivity index (χ1) is 11.9. The Morgan fingerprint density at radius 2 is 1.33 bits per heavy atom. The molecule has 0 amide bonds. The van der Waals surface area contributed by atoms with Crippen LogP contribution in [0.4, 0.5) is 0 Å². The summed E-state index contributed by atoms with van der Waals surface area (Å²) in [5, 5.41) is -0.0257. The Morgan fingerprint density at radius 1 is 0.852 bits per heavy atom. The van der Waals surface area contributed by atoms with Crippen molar-refractivity contribution in [3.8, 4) is 0 Å². The number of rotatable bonds is 10. The topological polar surface area (TPSA) is 54.0 Å². The third kappa shape index (κ3) is 10.6. The molecule has 0 aliphatic rings. The van der Waals surface area contributed by atoms with Gasteiger partial charge in [-0.1, -0.05) is 26.8 Å². The Kier molecular flexibility index (Phi) is 9.61. The highest BCUT2D eigenvalue weighted by atomic mass is 28.4. The van der Waals surface area contributed by atoms with Gasteiger partial charge in [0.05, 0.1) is 6.61 Å². The van der Waals surface area contributed by atoms with Gasteiger partial charge in [-0.2, -0.15) is 0 Å². The zero-order chi connectivity index (χ0) is 21.7. The van der Waals surface area contributed by atoms with E-state index in [0.717, 1.165) is 22.7 Å². The largest absolute Gasteiger partial charge is 0.535 e.